The molecule has 1 spiro atoms. The zero-order valence-corrected chi connectivity index (χ0v) is 13.9. The summed E-state index contributed by atoms with van der Waals surface area (Å²) in [5.74, 6) is 0.189. The molecule has 1 aromatic heterocycles. The molecule has 1 aromatic carbocycles. The predicted octanol–water partition coefficient (Wildman–Crippen LogP) is 4.37. The number of alkyl halides is 2. The number of aryl methyl sites for hydroxylation is 1. The molecular formula is C19H23F2N3. The predicted molar refractivity (Wildman–Crippen MR) is 89.8 cm³/mol. The second-order valence-electron chi connectivity index (χ2n) is 7.34. The highest BCUT2D eigenvalue weighted by Crippen LogP contribution is 2.57. The van der Waals surface area contributed by atoms with Crippen molar-refractivity contribution in [3.05, 3.63) is 47.3 Å². The van der Waals surface area contributed by atoms with E-state index in [2.05, 4.69) is 10.4 Å². The molecule has 24 heavy (non-hydrogen) atoms. The lowest BCUT2D eigenvalue weighted by atomic mass is 9.56. The van der Waals surface area contributed by atoms with Gasteiger partial charge in [-0.05, 0) is 62.7 Å². The Morgan fingerprint density at radius 1 is 1.21 bits per heavy atom. The smallest absolute Gasteiger partial charge is 0.267 e. The summed E-state index contributed by atoms with van der Waals surface area (Å²) in [6.07, 6.45) is 3.22. The van der Waals surface area contributed by atoms with Gasteiger partial charge < -0.3 is 5.32 Å². The van der Waals surface area contributed by atoms with E-state index in [9.17, 15) is 8.78 Å². The van der Waals surface area contributed by atoms with Gasteiger partial charge in [-0.25, -0.2) is 13.5 Å². The van der Waals surface area contributed by atoms with E-state index in [0.29, 0.717) is 5.41 Å². The molecular weight excluding hydrogens is 308 g/mol. The van der Waals surface area contributed by atoms with Gasteiger partial charge in [-0.2, -0.15) is 5.10 Å². The molecule has 5 heteroatoms. The fourth-order valence-electron chi connectivity index (χ4n) is 4.48. The van der Waals surface area contributed by atoms with E-state index in [1.165, 1.54) is 6.20 Å². The zero-order chi connectivity index (χ0) is 16.7. The van der Waals surface area contributed by atoms with Crippen molar-refractivity contribution in [1.29, 1.82) is 0 Å². The Bertz CT molecular complexity index is 724. The quantitative estimate of drug-likeness (QED) is 0.905. The van der Waals surface area contributed by atoms with Crippen LogP contribution in [0.3, 0.4) is 0 Å². The van der Waals surface area contributed by atoms with Crippen LogP contribution in [-0.4, -0.2) is 22.9 Å². The molecule has 2 heterocycles. The second-order valence-corrected chi connectivity index (χ2v) is 7.34. The van der Waals surface area contributed by atoms with E-state index < -0.39 is 6.43 Å². The fourth-order valence-corrected chi connectivity index (χ4v) is 4.48. The van der Waals surface area contributed by atoms with E-state index in [1.54, 1.807) is 4.68 Å². The Labute approximate surface area is 141 Å². The van der Waals surface area contributed by atoms with Crippen LogP contribution >= 0.6 is 0 Å². The topological polar surface area (TPSA) is 29.9 Å². The molecule has 2 aromatic rings. The van der Waals surface area contributed by atoms with Gasteiger partial charge in [0.15, 0.2) is 0 Å². The summed E-state index contributed by atoms with van der Waals surface area (Å²) in [6.45, 7) is 4.09. The summed E-state index contributed by atoms with van der Waals surface area (Å²) in [7, 11) is 0. The molecule has 0 bridgehead atoms. The number of piperidine rings is 1. The van der Waals surface area contributed by atoms with Crippen LogP contribution in [0.2, 0.25) is 0 Å². The van der Waals surface area contributed by atoms with Crippen molar-refractivity contribution < 1.29 is 8.78 Å². The van der Waals surface area contributed by atoms with Crippen molar-refractivity contribution in [1.82, 2.24) is 15.1 Å². The van der Waals surface area contributed by atoms with Crippen LogP contribution in [-0.2, 0) is 0 Å². The van der Waals surface area contributed by atoms with E-state index in [4.69, 9.17) is 0 Å². The van der Waals surface area contributed by atoms with Crippen LogP contribution in [0, 0.1) is 12.3 Å². The average molecular weight is 331 g/mol. The van der Waals surface area contributed by atoms with Crippen LogP contribution in [0.1, 0.15) is 54.8 Å². The first-order valence-electron chi connectivity index (χ1n) is 8.72. The number of aromatic nitrogens is 2. The molecule has 0 amide bonds. The van der Waals surface area contributed by atoms with Gasteiger partial charge >= 0.3 is 0 Å². The van der Waals surface area contributed by atoms with Crippen molar-refractivity contribution >= 4 is 0 Å². The number of hydrogen-bond donors (Lipinski definition) is 1. The third kappa shape index (κ3) is 2.55. The molecule has 128 valence electrons. The molecule has 1 saturated carbocycles. The molecule has 0 atom stereocenters. The molecule has 1 saturated heterocycles. The maximum Gasteiger partial charge on any atom is 0.267 e. The summed E-state index contributed by atoms with van der Waals surface area (Å²) in [5.41, 5.74) is 3.15. The summed E-state index contributed by atoms with van der Waals surface area (Å²) in [5, 5.41) is 7.72. The number of nitrogens with one attached hydrogen (secondary N) is 1. The third-order valence-corrected chi connectivity index (χ3v) is 5.82. The molecule has 4 rings (SSSR count). The third-order valence-electron chi connectivity index (χ3n) is 5.82. The number of hydrogen-bond acceptors (Lipinski definition) is 2. The SMILES string of the molecule is Cc1ccccc1-n1ncc(C(F)F)c1C1CC2(CCNCC2)C1. The van der Waals surface area contributed by atoms with Gasteiger partial charge in [-0.15, -0.1) is 0 Å². The van der Waals surface area contributed by atoms with Crippen molar-refractivity contribution in [2.24, 2.45) is 5.41 Å². The van der Waals surface area contributed by atoms with Crippen molar-refractivity contribution in [2.75, 3.05) is 13.1 Å². The van der Waals surface area contributed by atoms with E-state index in [-0.39, 0.29) is 11.5 Å². The number of halogens is 2. The largest absolute Gasteiger partial charge is 0.317 e. The highest BCUT2D eigenvalue weighted by atomic mass is 19.3. The van der Waals surface area contributed by atoms with Crippen LogP contribution in [0.25, 0.3) is 5.69 Å². The maximum atomic E-state index is 13.5. The van der Waals surface area contributed by atoms with Crippen LogP contribution in [0.15, 0.2) is 30.5 Å². The molecule has 3 nitrogen and oxygen atoms in total. The normalized spacial score (nSPS) is 20.5. The van der Waals surface area contributed by atoms with E-state index in [0.717, 1.165) is 55.7 Å². The number of rotatable bonds is 3. The minimum atomic E-state index is -2.47. The molecule has 1 aliphatic heterocycles. The Morgan fingerprint density at radius 3 is 2.58 bits per heavy atom. The first-order chi connectivity index (χ1) is 11.6. The van der Waals surface area contributed by atoms with Crippen molar-refractivity contribution in [2.45, 2.75) is 45.0 Å². The Hall–Kier alpha value is -1.75. The van der Waals surface area contributed by atoms with Gasteiger partial charge in [-0.3, -0.25) is 0 Å². The minimum Gasteiger partial charge on any atom is -0.317 e. The Kier molecular flexibility index (Phi) is 3.91. The molecule has 1 aliphatic carbocycles. The van der Waals surface area contributed by atoms with Gasteiger partial charge in [0.05, 0.1) is 23.1 Å². The zero-order valence-electron chi connectivity index (χ0n) is 13.9. The summed E-state index contributed by atoms with van der Waals surface area (Å²) < 4.78 is 28.9. The Balaban J connectivity index is 1.69. The highest BCUT2D eigenvalue weighted by molar-refractivity contribution is 5.43. The number of benzene rings is 1. The van der Waals surface area contributed by atoms with Crippen LogP contribution in [0.5, 0.6) is 0 Å². The van der Waals surface area contributed by atoms with Gasteiger partial charge in [0.1, 0.15) is 0 Å². The van der Waals surface area contributed by atoms with Crippen molar-refractivity contribution in [3.8, 4) is 5.69 Å². The fraction of sp³-hybridized carbons (Fsp3) is 0.526. The van der Waals surface area contributed by atoms with Crippen LogP contribution < -0.4 is 5.32 Å². The van der Waals surface area contributed by atoms with Gasteiger partial charge in [0.2, 0.25) is 0 Å². The molecule has 1 N–H and O–H groups in total. The van der Waals surface area contributed by atoms with Crippen molar-refractivity contribution in [3.63, 3.8) is 0 Å². The number of nitrogens with zero attached hydrogens (tertiary/aromatic N) is 2. The maximum absolute atomic E-state index is 13.5. The number of para-hydroxylation sites is 1. The minimum absolute atomic E-state index is 0.104. The standard InChI is InChI=1S/C19H23F2N3/c1-13-4-2-3-5-16(13)24-17(15(12-23-24)18(20)21)14-10-19(11-14)6-8-22-9-7-19/h2-5,12,14,18,22H,6-11H2,1H3. The lowest BCUT2D eigenvalue weighted by molar-refractivity contribution is 0.0549. The molecule has 2 fully saturated rings. The molecule has 0 unspecified atom stereocenters. The van der Waals surface area contributed by atoms with Gasteiger partial charge in [-0.1, -0.05) is 18.2 Å². The summed E-state index contributed by atoms with van der Waals surface area (Å²) in [6, 6.07) is 7.85. The van der Waals surface area contributed by atoms with Gasteiger partial charge in [0.25, 0.3) is 6.43 Å². The lowest BCUT2D eigenvalue weighted by Crippen LogP contribution is -2.45. The lowest BCUT2D eigenvalue weighted by Gasteiger charge is -2.50. The highest BCUT2D eigenvalue weighted by Gasteiger charge is 2.47. The first kappa shape index (κ1) is 15.8. The summed E-state index contributed by atoms with van der Waals surface area (Å²) in [4.78, 5) is 0. The van der Waals surface area contributed by atoms with Crippen LogP contribution in [0.4, 0.5) is 8.78 Å². The summed E-state index contributed by atoms with van der Waals surface area (Å²) >= 11 is 0. The average Bonchev–Trinajstić information content (AvgIpc) is 2.98. The Morgan fingerprint density at radius 2 is 1.92 bits per heavy atom. The monoisotopic (exact) mass is 331 g/mol. The van der Waals surface area contributed by atoms with E-state index >= 15 is 0 Å². The first-order valence-corrected chi connectivity index (χ1v) is 8.72. The van der Waals surface area contributed by atoms with Gasteiger partial charge in [0, 0.05) is 5.92 Å². The van der Waals surface area contributed by atoms with E-state index in [1.807, 2.05) is 31.2 Å². The molecule has 0 radical (unpaired) electrons. The molecule has 2 aliphatic rings. The second kappa shape index (κ2) is 5.96.